The van der Waals surface area contributed by atoms with Crippen LogP contribution < -0.4 is 9.47 Å². The molecule has 0 N–H and O–H groups in total. The molecule has 0 saturated carbocycles. The van der Waals surface area contributed by atoms with Crippen LogP contribution in [-0.2, 0) is 4.74 Å². The maximum absolute atomic E-state index is 12.6. The summed E-state index contributed by atoms with van der Waals surface area (Å²) in [5, 5.41) is 0. The fourth-order valence-electron chi connectivity index (χ4n) is 4.83. The minimum absolute atomic E-state index is 0.0850. The third-order valence-corrected chi connectivity index (χ3v) is 7.50. The molecule has 0 spiro atoms. The van der Waals surface area contributed by atoms with Crippen molar-refractivity contribution < 1.29 is 19.0 Å². The fourth-order valence-corrected chi connectivity index (χ4v) is 4.83. The molecule has 4 heteroatoms. The molecule has 3 rings (SSSR count). The molecule has 0 aromatic heterocycles. The molecule has 3 aromatic rings. The van der Waals surface area contributed by atoms with Gasteiger partial charge >= 0.3 is 5.97 Å². The van der Waals surface area contributed by atoms with Gasteiger partial charge in [0, 0.05) is 6.61 Å². The zero-order valence-corrected chi connectivity index (χ0v) is 25.5. The maximum atomic E-state index is 12.6. The molecule has 222 valence electrons. The van der Waals surface area contributed by atoms with E-state index >= 15 is 0 Å². The first-order valence-corrected chi connectivity index (χ1v) is 15.9. The molecule has 41 heavy (non-hydrogen) atoms. The Morgan fingerprint density at radius 1 is 0.585 bits per heavy atom. The van der Waals surface area contributed by atoms with Gasteiger partial charge in [-0.15, -0.1) is 0 Å². The molecule has 0 aliphatic heterocycles. The summed E-state index contributed by atoms with van der Waals surface area (Å²) in [6, 6.07) is 23.3. The van der Waals surface area contributed by atoms with Gasteiger partial charge in [-0.3, -0.25) is 0 Å². The lowest BCUT2D eigenvalue weighted by Gasteiger charge is -2.14. The minimum atomic E-state index is -0.377. The van der Waals surface area contributed by atoms with E-state index in [9.17, 15) is 4.79 Å². The van der Waals surface area contributed by atoms with Gasteiger partial charge in [0.2, 0.25) is 0 Å². The number of unbranched alkanes of at least 4 members (excludes halogenated alkanes) is 10. The Balaban J connectivity index is 1.39. The monoisotopic (exact) mass is 558 g/mol. The number of carbonyl (C=O) groups is 1. The first-order chi connectivity index (χ1) is 20.1. The number of rotatable bonds is 20. The largest absolute Gasteiger partial charge is 0.494 e. The second-order valence-electron chi connectivity index (χ2n) is 11.0. The molecular formula is C37H50O4. The van der Waals surface area contributed by atoms with Gasteiger partial charge in [0.15, 0.2) is 0 Å². The van der Waals surface area contributed by atoms with E-state index in [2.05, 4.69) is 45.0 Å². The maximum Gasteiger partial charge on any atom is 0.343 e. The van der Waals surface area contributed by atoms with Gasteiger partial charge in [-0.2, -0.15) is 0 Å². The van der Waals surface area contributed by atoms with Crippen molar-refractivity contribution in [2.45, 2.75) is 104 Å². The van der Waals surface area contributed by atoms with Gasteiger partial charge in [0.25, 0.3) is 0 Å². The van der Waals surface area contributed by atoms with Crippen LogP contribution in [0.1, 0.15) is 120 Å². The average Bonchev–Trinajstić information content (AvgIpc) is 3.01. The molecule has 4 nitrogen and oxygen atoms in total. The summed E-state index contributed by atoms with van der Waals surface area (Å²) in [6.45, 7) is 8.10. The highest BCUT2D eigenvalue weighted by Gasteiger charge is 2.10. The smallest absolute Gasteiger partial charge is 0.343 e. The first kappa shape index (κ1) is 32.4. The number of benzene rings is 3. The average molecular weight is 559 g/mol. The molecule has 1 unspecified atom stereocenters. The van der Waals surface area contributed by atoms with E-state index in [0.29, 0.717) is 17.9 Å². The lowest BCUT2D eigenvalue weighted by molar-refractivity contribution is 0.0627. The fraction of sp³-hybridized carbons (Fsp3) is 0.486. The molecule has 3 aromatic carbocycles. The van der Waals surface area contributed by atoms with Crippen molar-refractivity contribution in [2.24, 2.45) is 0 Å². The Morgan fingerprint density at radius 3 is 1.68 bits per heavy atom. The summed E-state index contributed by atoms with van der Waals surface area (Å²) in [4.78, 5) is 12.6. The second kappa shape index (κ2) is 19.1. The van der Waals surface area contributed by atoms with Crippen molar-refractivity contribution in [3.8, 4) is 22.6 Å². The van der Waals surface area contributed by atoms with Crippen LogP contribution in [-0.4, -0.2) is 19.2 Å². The normalized spacial score (nSPS) is 11.8. The zero-order chi connectivity index (χ0) is 29.1. The molecule has 0 amide bonds. The van der Waals surface area contributed by atoms with Gasteiger partial charge in [0.05, 0.1) is 18.3 Å². The molecule has 0 saturated heterocycles. The second-order valence-corrected chi connectivity index (χ2v) is 11.0. The van der Waals surface area contributed by atoms with Crippen molar-refractivity contribution >= 4 is 5.97 Å². The summed E-state index contributed by atoms with van der Waals surface area (Å²) >= 11 is 0. The van der Waals surface area contributed by atoms with Crippen molar-refractivity contribution in [1.82, 2.24) is 0 Å². The predicted octanol–water partition coefficient (Wildman–Crippen LogP) is 10.8. The predicted molar refractivity (Wildman–Crippen MR) is 170 cm³/mol. The summed E-state index contributed by atoms with van der Waals surface area (Å²) in [5.74, 6) is 0.921. The molecule has 1 atom stereocenters. The quantitative estimate of drug-likeness (QED) is 0.0786. The number of hydrogen-bond donors (Lipinski definition) is 0. The zero-order valence-electron chi connectivity index (χ0n) is 25.5. The van der Waals surface area contributed by atoms with E-state index in [1.807, 2.05) is 36.4 Å². The Hall–Kier alpha value is -3.11. The summed E-state index contributed by atoms with van der Waals surface area (Å²) in [5.41, 5.74) is 3.88. The first-order valence-electron chi connectivity index (χ1n) is 15.9. The van der Waals surface area contributed by atoms with Gasteiger partial charge in [-0.1, -0.05) is 114 Å². The number of hydrogen-bond acceptors (Lipinski definition) is 4. The lowest BCUT2D eigenvalue weighted by Crippen LogP contribution is -2.08. The van der Waals surface area contributed by atoms with E-state index in [0.717, 1.165) is 36.3 Å². The molecule has 0 heterocycles. The number of ether oxygens (including phenoxy) is 3. The Morgan fingerprint density at radius 2 is 1.07 bits per heavy atom. The molecule has 0 aliphatic carbocycles. The molecule has 0 aliphatic rings. The standard InChI is InChI=1S/C37H50O4/c1-4-6-8-10-11-12-13-15-28-39-30(3)31-16-18-32(19-17-31)33-20-26-36(27-21-33)41-37(38)34-22-24-35(25-23-34)40-29-14-9-7-5-2/h16-27,30H,4-15,28-29H2,1-3H3. The minimum Gasteiger partial charge on any atom is -0.494 e. The molecule has 0 fully saturated rings. The van der Waals surface area contributed by atoms with Crippen LogP contribution in [0.25, 0.3) is 11.1 Å². The van der Waals surface area contributed by atoms with Crippen LogP contribution in [0.4, 0.5) is 0 Å². The van der Waals surface area contributed by atoms with Crippen LogP contribution in [0.3, 0.4) is 0 Å². The highest BCUT2D eigenvalue weighted by molar-refractivity contribution is 5.91. The van der Waals surface area contributed by atoms with Crippen LogP contribution >= 0.6 is 0 Å². The molecule has 0 radical (unpaired) electrons. The Kier molecular flexibility index (Phi) is 15.1. The highest BCUT2D eigenvalue weighted by atomic mass is 16.5. The summed E-state index contributed by atoms with van der Waals surface area (Å²) in [6.07, 6.45) is 15.2. The topological polar surface area (TPSA) is 44.8 Å². The SMILES string of the molecule is CCCCCCCCCCOC(C)c1ccc(-c2ccc(OC(=O)c3ccc(OCCCCCC)cc3)cc2)cc1. The molecular weight excluding hydrogens is 508 g/mol. The van der Waals surface area contributed by atoms with Gasteiger partial charge < -0.3 is 14.2 Å². The number of esters is 1. The van der Waals surface area contributed by atoms with Crippen LogP contribution in [0.15, 0.2) is 72.8 Å². The van der Waals surface area contributed by atoms with Crippen molar-refractivity contribution in [3.63, 3.8) is 0 Å². The lowest BCUT2D eigenvalue weighted by atomic mass is 10.0. The van der Waals surface area contributed by atoms with E-state index in [1.54, 1.807) is 12.1 Å². The Labute approximate surface area is 248 Å². The van der Waals surface area contributed by atoms with Gasteiger partial charge in [-0.05, 0) is 72.9 Å². The van der Waals surface area contributed by atoms with Crippen LogP contribution in [0.2, 0.25) is 0 Å². The number of carbonyl (C=O) groups excluding carboxylic acids is 1. The van der Waals surface area contributed by atoms with E-state index < -0.39 is 0 Å². The molecule has 0 bridgehead atoms. The van der Waals surface area contributed by atoms with E-state index in [1.165, 1.54) is 69.8 Å². The van der Waals surface area contributed by atoms with Crippen molar-refractivity contribution in [3.05, 3.63) is 83.9 Å². The summed E-state index contributed by atoms with van der Waals surface area (Å²) < 4.78 is 17.4. The van der Waals surface area contributed by atoms with E-state index in [-0.39, 0.29) is 12.1 Å². The van der Waals surface area contributed by atoms with Crippen molar-refractivity contribution in [2.75, 3.05) is 13.2 Å². The third kappa shape index (κ3) is 12.1. The van der Waals surface area contributed by atoms with Gasteiger partial charge in [-0.25, -0.2) is 4.79 Å². The van der Waals surface area contributed by atoms with Crippen molar-refractivity contribution in [1.29, 1.82) is 0 Å². The van der Waals surface area contributed by atoms with Crippen LogP contribution in [0, 0.1) is 0 Å². The Bertz CT molecular complexity index is 1100. The van der Waals surface area contributed by atoms with E-state index in [4.69, 9.17) is 14.2 Å². The van der Waals surface area contributed by atoms with Crippen LogP contribution in [0.5, 0.6) is 11.5 Å². The summed E-state index contributed by atoms with van der Waals surface area (Å²) in [7, 11) is 0. The van der Waals surface area contributed by atoms with Gasteiger partial charge in [0.1, 0.15) is 11.5 Å². The highest BCUT2D eigenvalue weighted by Crippen LogP contribution is 2.26. The third-order valence-electron chi connectivity index (χ3n) is 7.50.